The normalized spacial score (nSPS) is 25.2. The summed E-state index contributed by atoms with van der Waals surface area (Å²) in [7, 11) is 0. The van der Waals surface area contributed by atoms with Crippen molar-refractivity contribution in [1.29, 1.82) is 0 Å². The summed E-state index contributed by atoms with van der Waals surface area (Å²) in [6.45, 7) is 8.53. The maximum absolute atomic E-state index is 11.8. The van der Waals surface area contributed by atoms with Gasteiger partial charge in [0.15, 0.2) is 0 Å². The second kappa shape index (κ2) is 8.88. The Morgan fingerprint density at radius 1 is 1.04 bits per heavy atom. The van der Waals surface area contributed by atoms with E-state index in [9.17, 15) is 4.79 Å². The Labute approximate surface area is 140 Å². The van der Waals surface area contributed by atoms with E-state index >= 15 is 0 Å². The van der Waals surface area contributed by atoms with Gasteiger partial charge in [0.05, 0.1) is 0 Å². The van der Waals surface area contributed by atoms with Crippen molar-refractivity contribution in [1.82, 2.24) is 10.6 Å². The summed E-state index contributed by atoms with van der Waals surface area (Å²) >= 11 is 0. The van der Waals surface area contributed by atoms with Crippen LogP contribution in [-0.2, 0) is 9.47 Å². The minimum Gasteiger partial charge on any atom is -0.444 e. The van der Waals surface area contributed by atoms with Crippen LogP contribution in [-0.4, -0.2) is 43.5 Å². The largest absolute Gasteiger partial charge is 0.444 e. The number of carbonyl (C=O) groups is 1. The SMILES string of the molecule is CC(C)(C)OC(=O)NC1CCC(NCCCOCC2CC2)CC1. The van der Waals surface area contributed by atoms with Gasteiger partial charge in [0.1, 0.15) is 5.60 Å². The number of rotatable bonds is 8. The molecule has 0 aliphatic heterocycles. The van der Waals surface area contributed by atoms with E-state index in [1.54, 1.807) is 0 Å². The quantitative estimate of drug-likeness (QED) is 0.672. The molecule has 0 unspecified atom stereocenters. The topological polar surface area (TPSA) is 59.6 Å². The van der Waals surface area contributed by atoms with Crippen molar-refractivity contribution in [2.45, 2.75) is 83.4 Å². The Morgan fingerprint density at radius 2 is 1.70 bits per heavy atom. The van der Waals surface area contributed by atoms with E-state index < -0.39 is 5.60 Å². The molecule has 0 atom stereocenters. The summed E-state index contributed by atoms with van der Waals surface area (Å²) in [5.74, 6) is 0.857. The van der Waals surface area contributed by atoms with E-state index in [2.05, 4.69) is 10.6 Å². The highest BCUT2D eigenvalue weighted by Gasteiger charge is 2.24. The molecule has 0 spiro atoms. The maximum Gasteiger partial charge on any atom is 0.407 e. The molecule has 134 valence electrons. The molecule has 2 aliphatic rings. The molecular formula is C18H34N2O3. The van der Waals surface area contributed by atoms with Crippen molar-refractivity contribution >= 4 is 6.09 Å². The lowest BCUT2D eigenvalue weighted by molar-refractivity contribution is 0.0489. The van der Waals surface area contributed by atoms with Crippen molar-refractivity contribution < 1.29 is 14.3 Å². The van der Waals surface area contributed by atoms with Gasteiger partial charge in [0, 0.05) is 25.3 Å². The zero-order chi connectivity index (χ0) is 16.7. The summed E-state index contributed by atoms with van der Waals surface area (Å²) in [6.07, 6.45) is 7.79. The molecule has 2 aliphatic carbocycles. The summed E-state index contributed by atoms with van der Waals surface area (Å²) in [6, 6.07) is 0.833. The van der Waals surface area contributed by atoms with Crippen LogP contribution in [0.3, 0.4) is 0 Å². The number of hydrogen-bond acceptors (Lipinski definition) is 4. The molecule has 0 bridgehead atoms. The lowest BCUT2D eigenvalue weighted by Crippen LogP contribution is -2.44. The first-order valence-electron chi connectivity index (χ1n) is 9.23. The van der Waals surface area contributed by atoms with E-state index in [0.717, 1.165) is 57.8 Å². The Morgan fingerprint density at radius 3 is 2.30 bits per heavy atom. The van der Waals surface area contributed by atoms with Crippen LogP contribution in [0.4, 0.5) is 4.79 Å². The van der Waals surface area contributed by atoms with Crippen molar-refractivity contribution in [3.8, 4) is 0 Å². The van der Waals surface area contributed by atoms with Gasteiger partial charge in [-0.25, -0.2) is 4.79 Å². The van der Waals surface area contributed by atoms with E-state index in [4.69, 9.17) is 9.47 Å². The Kier molecular flexibility index (Phi) is 7.15. The third-order valence-electron chi connectivity index (χ3n) is 4.40. The summed E-state index contributed by atoms with van der Waals surface area (Å²) in [4.78, 5) is 11.8. The lowest BCUT2D eigenvalue weighted by atomic mass is 9.91. The Bertz CT molecular complexity index is 356. The van der Waals surface area contributed by atoms with Gasteiger partial charge in [0.25, 0.3) is 0 Å². The first-order valence-corrected chi connectivity index (χ1v) is 9.23. The molecule has 0 saturated heterocycles. The van der Waals surface area contributed by atoms with Gasteiger partial charge in [-0.1, -0.05) is 0 Å². The van der Waals surface area contributed by atoms with Gasteiger partial charge in [0.2, 0.25) is 0 Å². The number of amides is 1. The molecule has 0 heterocycles. The Balaban J connectivity index is 1.47. The van der Waals surface area contributed by atoms with Gasteiger partial charge in [-0.2, -0.15) is 0 Å². The second-order valence-electron chi connectivity index (χ2n) is 8.02. The van der Waals surface area contributed by atoms with E-state index in [0.29, 0.717) is 6.04 Å². The van der Waals surface area contributed by atoms with Gasteiger partial charge in [-0.3, -0.25) is 0 Å². The molecule has 2 rings (SSSR count). The molecule has 1 amide bonds. The van der Waals surface area contributed by atoms with Crippen LogP contribution in [0, 0.1) is 5.92 Å². The molecule has 0 aromatic rings. The minimum atomic E-state index is -0.426. The molecule has 0 aromatic carbocycles. The average molecular weight is 326 g/mol. The molecular weight excluding hydrogens is 292 g/mol. The van der Waals surface area contributed by atoms with Gasteiger partial charge < -0.3 is 20.1 Å². The van der Waals surface area contributed by atoms with E-state index in [-0.39, 0.29) is 12.1 Å². The van der Waals surface area contributed by atoms with Crippen LogP contribution in [0.15, 0.2) is 0 Å². The van der Waals surface area contributed by atoms with E-state index in [1.807, 2.05) is 20.8 Å². The first-order chi connectivity index (χ1) is 10.9. The number of nitrogens with one attached hydrogen (secondary N) is 2. The van der Waals surface area contributed by atoms with Crippen LogP contribution in [0.5, 0.6) is 0 Å². The minimum absolute atomic E-state index is 0.254. The summed E-state index contributed by atoms with van der Waals surface area (Å²) in [5.41, 5.74) is -0.426. The van der Waals surface area contributed by atoms with Crippen LogP contribution in [0.2, 0.25) is 0 Å². The third kappa shape index (κ3) is 8.56. The molecule has 2 N–H and O–H groups in total. The molecule has 5 nitrogen and oxygen atoms in total. The molecule has 23 heavy (non-hydrogen) atoms. The zero-order valence-electron chi connectivity index (χ0n) is 15.0. The number of carbonyl (C=O) groups excluding carboxylic acids is 1. The smallest absolute Gasteiger partial charge is 0.407 e. The fraction of sp³-hybridized carbons (Fsp3) is 0.944. The fourth-order valence-corrected chi connectivity index (χ4v) is 2.93. The maximum atomic E-state index is 11.8. The van der Waals surface area contributed by atoms with Crippen molar-refractivity contribution in [3.05, 3.63) is 0 Å². The standard InChI is InChI=1S/C18H34N2O3/c1-18(2,3)23-17(21)20-16-9-7-15(8-10-16)19-11-4-12-22-13-14-5-6-14/h14-16,19H,4-13H2,1-3H3,(H,20,21). The van der Waals surface area contributed by atoms with Gasteiger partial charge >= 0.3 is 6.09 Å². The highest BCUT2D eigenvalue weighted by atomic mass is 16.6. The monoisotopic (exact) mass is 326 g/mol. The first kappa shape index (κ1) is 18.5. The van der Waals surface area contributed by atoms with Gasteiger partial charge in [-0.15, -0.1) is 0 Å². The van der Waals surface area contributed by atoms with Gasteiger partial charge in [-0.05, 0) is 78.2 Å². The van der Waals surface area contributed by atoms with Crippen molar-refractivity contribution in [2.75, 3.05) is 19.8 Å². The zero-order valence-corrected chi connectivity index (χ0v) is 15.0. The van der Waals surface area contributed by atoms with Crippen LogP contribution in [0.25, 0.3) is 0 Å². The fourth-order valence-electron chi connectivity index (χ4n) is 2.93. The van der Waals surface area contributed by atoms with Crippen molar-refractivity contribution in [3.63, 3.8) is 0 Å². The molecule has 0 radical (unpaired) electrons. The van der Waals surface area contributed by atoms with Crippen molar-refractivity contribution in [2.24, 2.45) is 5.92 Å². The van der Waals surface area contributed by atoms with Crippen LogP contribution < -0.4 is 10.6 Å². The van der Waals surface area contributed by atoms with E-state index in [1.165, 1.54) is 12.8 Å². The average Bonchev–Trinajstić information content (AvgIpc) is 3.26. The third-order valence-corrected chi connectivity index (χ3v) is 4.40. The van der Waals surface area contributed by atoms with Crippen LogP contribution >= 0.6 is 0 Å². The molecule has 0 aromatic heterocycles. The molecule has 2 saturated carbocycles. The van der Waals surface area contributed by atoms with Crippen LogP contribution in [0.1, 0.15) is 65.7 Å². The Hall–Kier alpha value is -0.810. The molecule has 5 heteroatoms. The summed E-state index contributed by atoms with van der Waals surface area (Å²) in [5, 5.41) is 6.60. The highest BCUT2D eigenvalue weighted by Crippen LogP contribution is 2.28. The second-order valence-corrected chi connectivity index (χ2v) is 8.02. The number of ether oxygens (including phenoxy) is 2. The molecule has 2 fully saturated rings. The highest BCUT2D eigenvalue weighted by molar-refractivity contribution is 5.68. The predicted octanol–water partition coefficient (Wildman–Crippen LogP) is 3.23. The summed E-state index contributed by atoms with van der Waals surface area (Å²) < 4.78 is 11.0. The lowest BCUT2D eigenvalue weighted by Gasteiger charge is -2.30. The number of alkyl carbamates (subject to hydrolysis) is 1. The predicted molar refractivity (Wildman–Crippen MR) is 91.6 cm³/mol. The number of hydrogen-bond donors (Lipinski definition) is 2.